The second kappa shape index (κ2) is 4.06. The summed E-state index contributed by atoms with van der Waals surface area (Å²) in [6.07, 6.45) is 5.73. The molecule has 0 radical (unpaired) electrons. The van der Waals surface area contributed by atoms with Crippen molar-refractivity contribution in [3.63, 3.8) is 0 Å². The molecule has 0 bridgehead atoms. The average Bonchev–Trinajstić information content (AvgIpc) is 2.86. The summed E-state index contributed by atoms with van der Waals surface area (Å²) in [6.45, 7) is 1.51. The van der Waals surface area contributed by atoms with Crippen LogP contribution in [0.25, 0.3) is 0 Å². The summed E-state index contributed by atoms with van der Waals surface area (Å²) in [7, 11) is 1.45. The van der Waals surface area contributed by atoms with Crippen molar-refractivity contribution in [3.05, 3.63) is 24.0 Å². The van der Waals surface area contributed by atoms with E-state index in [2.05, 4.69) is 10.3 Å². The summed E-state index contributed by atoms with van der Waals surface area (Å²) in [5, 5.41) is 3.28. The number of nitrogens with one attached hydrogen (secondary N) is 2. The van der Waals surface area contributed by atoms with Crippen molar-refractivity contribution in [2.45, 2.75) is 19.4 Å². The second-order valence-corrected chi connectivity index (χ2v) is 4.09. The van der Waals surface area contributed by atoms with Crippen molar-refractivity contribution in [1.82, 2.24) is 10.3 Å². The van der Waals surface area contributed by atoms with Crippen molar-refractivity contribution in [3.8, 4) is 0 Å². The molecule has 1 aliphatic carbocycles. The van der Waals surface area contributed by atoms with Crippen LogP contribution >= 0.6 is 0 Å². The molecule has 0 aromatic carbocycles. The molecule has 0 aliphatic heterocycles. The molecule has 4 heteroatoms. The maximum absolute atomic E-state index is 11.4. The second-order valence-electron chi connectivity index (χ2n) is 4.09. The van der Waals surface area contributed by atoms with Gasteiger partial charge in [-0.1, -0.05) is 0 Å². The van der Waals surface area contributed by atoms with E-state index >= 15 is 0 Å². The Morgan fingerprint density at radius 1 is 1.67 bits per heavy atom. The number of aromatic amines is 1. The highest BCUT2D eigenvalue weighted by Crippen LogP contribution is 2.46. The predicted octanol–water partition coefficient (Wildman–Crippen LogP) is 1.06. The number of aromatic nitrogens is 1. The molecular weight excluding hydrogens is 192 g/mol. The molecule has 1 fully saturated rings. The van der Waals surface area contributed by atoms with Gasteiger partial charge in [0.25, 0.3) is 0 Å². The Hall–Kier alpha value is -1.29. The molecule has 0 amide bonds. The molecule has 1 heterocycles. The molecule has 15 heavy (non-hydrogen) atoms. The molecule has 0 unspecified atom stereocenters. The molecule has 4 nitrogen and oxygen atoms in total. The Morgan fingerprint density at radius 2 is 2.47 bits per heavy atom. The van der Waals surface area contributed by atoms with Gasteiger partial charge in [-0.05, 0) is 24.5 Å². The lowest BCUT2D eigenvalue weighted by atomic mass is 10.1. The molecule has 0 spiro atoms. The molecule has 0 atom stereocenters. The molecule has 2 N–H and O–H groups in total. The van der Waals surface area contributed by atoms with E-state index in [0.29, 0.717) is 6.54 Å². The first-order valence-electron chi connectivity index (χ1n) is 5.18. The first kappa shape index (κ1) is 10.2. The smallest absolute Gasteiger partial charge is 0.313 e. The molecule has 0 saturated heterocycles. The van der Waals surface area contributed by atoms with Crippen LogP contribution < -0.4 is 5.32 Å². The molecule has 1 aromatic heterocycles. The van der Waals surface area contributed by atoms with Crippen LogP contribution in [0.3, 0.4) is 0 Å². The summed E-state index contributed by atoms with van der Waals surface area (Å²) < 4.78 is 4.78. The first-order chi connectivity index (χ1) is 7.27. The summed E-state index contributed by atoms with van der Waals surface area (Å²) in [4.78, 5) is 14.4. The largest absolute Gasteiger partial charge is 0.469 e. The highest BCUT2D eigenvalue weighted by Gasteiger charge is 2.50. The lowest BCUT2D eigenvalue weighted by Gasteiger charge is -2.12. The summed E-state index contributed by atoms with van der Waals surface area (Å²) >= 11 is 0. The molecule has 2 rings (SSSR count). The number of carbonyl (C=O) groups is 1. The molecule has 1 saturated carbocycles. The van der Waals surface area contributed by atoms with E-state index in [1.807, 2.05) is 18.5 Å². The minimum Gasteiger partial charge on any atom is -0.469 e. The van der Waals surface area contributed by atoms with Gasteiger partial charge < -0.3 is 15.0 Å². The number of esters is 1. The third-order valence-electron chi connectivity index (χ3n) is 2.93. The SMILES string of the molecule is COC(=O)C1(CNCc2cc[nH]c2)CC1. The number of rotatable bonds is 5. The minimum absolute atomic E-state index is 0.0796. The van der Waals surface area contributed by atoms with Gasteiger partial charge in [-0.2, -0.15) is 0 Å². The number of carbonyl (C=O) groups excluding carboxylic acids is 1. The van der Waals surface area contributed by atoms with Crippen molar-refractivity contribution in [2.24, 2.45) is 5.41 Å². The fraction of sp³-hybridized carbons (Fsp3) is 0.545. The maximum atomic E-state index is 11.4. The Kier molecular flexibility index (Phi) is 2.77. The first-order valence-corrected chi connectivity index (χ1v) is 5.18. The zero-order valence-corrected chi connectivity index (χ0v) is 8.88. The van der Waals surface area contributed by atoms with Gasteiger partial charge in [0.1, 0.15) is 0 Å². The standard InChI is InChI=1S/C11H16N2O2/c1-15-10(14)11(3-4-11)8-13-7-9-2-5-12-6-9/h2,5-6,12-13H,3-4,7-8H2,1H3. The molecule has 1 aliphatic rings. The third-order valence-corrected chi connectivity index (χ3v) is 2.93. The molecule has 1 aromatic rings. The Labute approximate surface area is 89.0 Å². The highest BCUT2D eigenvalue weighted by atomic mass is 16.5. The summed E-state index contributed by atoms with van der Waals surface area (Å²) in [6, 6.07) is 2.02. The van der Waals surface area contributed by atoms with E-state index in [0.717, 1.165) is 19.4 Å². The van der Waals surface area contributed by atoms with Crippen LogP contribution in [0.15, 0.2) is 18.5 Å². The van der Waals surface area contributed by atoms with Gasteiger partial charge in [0.15, 0.2) is 0 Å². The number of hydrogen-bond donors (Lipinski definition) is 2. The zero-order valence-electron chi connectivity index (χ0n) is 8.88. The average molecular weight is 208 g/mol. The van der Waals surface area contributed by atoms with E-state index in [-0.39, 0.29) is 11.4 Å². The van der Waals surface area contributed by atoms with Gasteiger partial charge in [0.2, 0.25) is 0 Å². The maximum Gasteiger partial charge on any atom is 0.313 e. The van der Waals surface area contributed by atoms with E-state index in [1.165, 1.54) is 12.7 Å². The van der Waals surface area contributed by atoms with E-state index in [4.69, 9.17) is 4.74 Å². The van der Waals surface area contributed by atoms with Crippen LogP contribution in [0.2, 0.25) is 0 Å². The third kappa shape index (κ3) is 2.21. The van der Waals surface area contributed by atoms with Gasteiger partial charge in [0, 0.05) is 25.5 Å². The monoisotopic (exact) mass is 208 g/mol. The van der Waals surface area contributed by atoms with E-state index < -0.39 is 0 Å². The van der Waals surface area contributed by atoms with Crippen molar-refractivity contribution in [1.29, 1.82) is 0 Å². The van der Waals surface area contributed by atoms with Crippen LogP contribution in [0.1, 0.15) is 18.4 Å². The van der Waals surface area contributed by atoms with Gasteiger partial charge in [-0.25, -0.2) is 0 Å². The fourth-order valence-electron chi connectivity index (χ4n) is 1.73. The predicted molar refractivity (Wildman–Crippen MR) is 56.2 cm³/mol. The van der Waals surface area contributed by atoms with Gasteiger partial charge >= 0.3 is 5.97 Å². The van der Waals surface area contributed by atoms with Crippen molar-refractivity contribution < 1.29 is 9.53 Å². The molecule has 82 valence electrons. The van der Waals surface area contributed by atoms with Crippen LogP contribution in [-0.2, 0) is 16.1 Å². The topological polar surface area (TPSA) is 54.1 Å². The quantitative estimate of drug-likeness (QED) is 0.711. The minimum atomic E-state index is -0.231. The zero-order chi connectivity index (χ0) is 10.7. The Balaban J connectivity index is 1.77. The number of hydrogen-bond acceptors (Lipinski definition) is 3. The summed E-state index contributed by atoms with van der Waals surface area (Å²) in [5.74, 6) is -0.0796. The van der Waals surface area contributed by atoms with E-state index in [1.54, 1.807) is 0 Å². The lowest BCUT2D eigenvalue weighted by molar-refractivity contribution is -0.146. The van der Waals surface area contributed by atoms with Crippen molar-refractivity contribution >= 4 is 5.97 Å². The Morgan fingerprint density at radius 3 is 3.00 bits per heavy atom. The normalized spacial score (nSPS) is 17.4. The highest BCUT2D eigenvalue weighted by molar-refractivity contribution is 5.80. The van der Waals surface area contributed by atoms with Gasteiger partial charge in [-0.15, -0.1) is 0 Å². The Bertz CT molecular complexity index is 328. The van der Waals surface area contributed by atoms with Crippen molar-refractivity contribution in [2.75, 3.05) is 13.7 Å². The number of ether oxygens (including phenoxy) is 1. The molecular formula is C11H16N2O2. The fourth-order valence-corrected chi connectivity index (χ4v) is 1.73. The number of methoxy groups -OCH3 is 1. The van der Waals surface area contributed by atoms with Crippen LogP contribution in [0.4, 0.5) is 0 Å². The lowest BCUT2D eigenvalue weighted by Crippen LogP contribution is -2.30. The van der Waals surface area contributed by atoms with Gasteiger partial charge in [-0.3, -0.25) is 4.79 Å². The van der Waals surface area contributed by atoms with Gasteiger partial charge in [0.05, 0.1) is 12.5 Å². The summed E-state index contributed by atoms with van der Waals surface area (Å²) in [5.41, 5.74) is 0.973. The van der Waals surface area contributed by atoms with Crippen LogP contribution in [0.5, 0.6) is 0 Å². The van der Waals surface area contributed by atoms with E-state index in [9.17, 15) is 4.79 Å². The number of H-pyrrole nitrogens is 1. The van der Waals surface area contributed by atoms with Crippen LogP contribution in [0, 0.1) is 5.41 Å². The van der Waals surface area contributed by atoms with Crippen LogP contribution in [-0.4, -0.2) is 24.6 Å².